The Kier molecular flexibility index (Phi) is 5.47. The Morgan fingerprint density at radius 3 is 2.60 bits per heavy atom. The zero-order valence-corrected chi connectivity index (χ0v) is 16.2. The quantitative estimate of drug-likeness (QED) is 0.260. The summed E-state index contributed by atoms with van der Waals surface area (Å²) in [6.07, 6.45) is -2.63. The summed E-state index contributed by atoms with van der Waals surface area (Å²) in [4.78, 5) is 30.2. The lowest BCUT2D eigenvalue weighted by Gasteiger charge is -2.16. The number of aliphatic hydroxyl groups is 2. The highest BCUT2D eigenvalue weighted by Gasteiger charge is 2.45. The van der Waals surface area contributed by atoms with Gasteiger partial charge in [-0.3, -0.25) is 14.5 Å². The molecule has 158 valence electrons. The van der Waals surface area contributed by atoms with Crippen LogP contribution in [0.1, 0.15) is 17.5 Å². The number of phosphoric ester groups is 1. The fourth-order valence-corrected chi connectivity index (χ4v) is 3.57. The summed E-state index contributed by atoms with van der Waals surface area (Å²) in [5.74, 6) is 0. The van der Waals surface area contributed by atoms with Crippen molar-refractivity contribution in [1.82, 2.24) is 19.5 Å². The van der Waals surface area contributed by atoms with Crippen molar-refractivity contribution in [3.63, 3.8) is 0 Å². The second kappa shape index (κ2) is 7.93. The maximum Gasteiger partial charge on any atom is 0.469 e. The number of hydrogen-bond donors (Lipinski definition) is 5. The summed E-state index contributed by atoms with van der Waals surface area (Å²) in [7, 11) is -4.77. The lowest BCUT2D eigenvalue weighted by molar-refractivity contribution is -0.0504. The van der Waals surface area contributed by atoms with Crippen molar-refractivity contribution in [3.8, 4) is 0 Å². The third-order valence-corrected chi connectivity index (χ3v) is 5.16. The third kappa shape index (κ3) is 3.89. The molecule has 12 nitrogen and oxygen atoms in total. The van der Waals surface area contributed by atoms with E-state index >= 15 is 0 Å². The molecule has 30 heavy (non-hydrogen) atoms. The molecule has 13 heteroatoms. The van der Waals surface area contributed by atoms with E-state index in [9.17, 15) is 14.8 Å². The number of aliphatic hydroxyl groups excluding tert-OH is 2. The smallest absolute Gasteiger partial charge is 0.387 e. The molecule has 0 amide bonds. The summed E-state index contributed by atoms with van der Waals surface area (Å²) >= 11 is 0. The van der Waals surface area contributed by atoms with Gasteiger partial charge in [-0.1, -0.05) is 30.3 Å². The van der Waals surface area contributed by atoms with E-state index in [1.807, 2.05) is 6.07 Å². The highest BCUT2D eigenvalue weighted by Crippen LogP contribution is 2.38. The molecule has 4 atom stereocenters. The standard InChI is InChI=1S/C17H18N5O7P/c18-11(9-4-2-1-3-5-9)12-13-16(20-7-19-12)22(8-21-13)17-15(24)14(23)10(29-17)6-28-30(25,26)27/h1-5,7-8,10,14-15,17-18,23-24H,6H2,(H2,25,26,27). The van der Waals surface area contributed by atoms with Crippen LogP contribution in [0, 0.1) is 5.41 Å². The second-order valence-electron chi connectivity index (χ2n) is 6.62. The number of nitrogens with one attached hydrogen (secondary N) is 1. The molecule has 0 radical (unpaired) electrons. The van der Waals surface area contributed by atoms with E-state index in [2.05, 4.69) is 19.5 Å². The van der Waals surface area contributed by atoms with Gasteiger partial charge in [0.2, 0.25) is 0 Å². The number of hydrogen-bond acceptors (Lipinski definition) is 9. The van der Waals surface area contributed by atoms with Gasteiger partial charge < -0.3 is 24.7 Å². The van der Waals surface area contributed by atoms with Crippen molar-refractivity contribution in [3.05, 3.63) is 54.2 Å². The van der Waals surface area contributed by atoms with E-state index in [0.717, 1.165) is 0 Å². The highest BCUT2D eigenvalue weighted by molar-refractivity contribution is 7.46. The van der Waals surface area contributed by atoms with Crippen LogP contribution in [0.4, 0.5) is 0 Å². The molecule has 1 aliphatic rings. The number of benzene rings is 1. The van der Waals surface area contributed by atoms with Crippen LogP contribution in [-0.4, -0.2) is 70.1 Å². The van der Waals surface area contributed by atoms with Gasteiger partial charge in [0.15, 0.2) is 11.9 Å². The minimum absolute atomic E-state index is 0.133. The van der Waals surface area contributed by atoms with Crippen LogP contribution >= 0.6 is 7.82 Å². The van der Waals surface area contributed by atoms with Crippen LogP contribution in [0.25, 0.3) is 11.2 Å². The Bertz CT molecular complexity index is 1120. The fourth-order valence-electron chi connectivity index (χ4n) is 3.23. The zero-order valence-electron chi connectivity index (χ0n) is 15.3. The number of imidazole rings is 1. The Hall–Kier alpha value is -2.57. The van der Waals surface area contributed by atoms with Crippen LogP contribution < -0.4 is 0 Å². The number of rotatable bonds is 6. The van der Waals surface area contributed by atoms with E-state index in [4.69, 9.17) is 19.9 Å². The molecule has 4 unspecified atom stereocenters. The lowest BCUT2D eigenvalue weighted by Crippen LogP contribution is -2.33. The highest BCUT2D eigenvalue weighted by atomic mass is 31.2. The molecule has 3 aromatic rings. The molecule has 0 aliphatic carbocycles. The number of phosphoric acid groups is 1. The number of fused-ring (bicyclic) bond motifs is 1. The summed E-state index contributed by atoms with van der Waals surface area (Å²) in [6.45, 7) is -0.621. The predicted molar refractivity (Wildman–Crippen MR) is 102 cm³/mol. The van der Waals surface area contributed by atoms with Gasteiger partial charge in [-0.2, -0.15) is 0 Å². The first-order valence-corrected chi connectivity index (χ1v) is 10.3. The van der Waals surface area contributed by atoms with Gasteiger partial charge in [-0.25, -0.2) is 19.5 Å². The van der Waals surface area contributed by atoms with Crippen LogP contribution in [0.15, 0.2) is 43.0 Å². The summed E-state index contributed by atoms with van der Waals surface area (Å²) in [5.41, 5.74) is 1.60. The molecule has 1 aliphatic heterocycles. The molecule has 1 saturated heterocycles. The fraction of sp³-hybridized carbons (Fsp3) is 0.294. The molecule has 0 spiro atoms. The van der Waals surface area contributed by atoms with Gasteiger partial charge >= 0.3 is 7.82 Å². The molecule has 1 aromatic carbocycles. The second-order valence-corrected chi connectivity index (χ2v) is 7.86. The monoisotopic (exact) mass is 435 g/mol. The van der Waals surface area contributed by atoms with Crippen molar-refractivity contribution in [1.29, 1.82) is 5.41 Å². The minimum atomic E-state index is -4.77. The van der Waals surface area contributed by atoms with Gasteiger partial charge in [-0.15, -0.1) is 0 Å². The summed E-state index contributed by atoms with van der Waals surface area (Å²) < 4.78 is 22.2. The number of aromatic nitrogens is 4. The van der Waals surface area contributed by atoms with Gasteiger partial charge in [0.25, 0.3) is 0 Å². The molecular weight excluding hydrogens is 417 g/mol. The van der Waals surface area contributed by atoms with Gasteiger partial charge in [0, 0.05) is 5.56 Å². The maximum absolute atomic E-state index is 10.9. The Labute approximate surface area is 169 Å². The Morgan fingerprint density at radius 1 is 1.17 bits per heavy atom. The first-order valence-electron chi connectivity index (χ1n) is 8.80. The van der Waals surface area contributed by atoms with E-state index in [0.29, 0.717) is 11.1 Å². The van der Waals surface area contributed by atoms with Crippen LogP contribution in [0.3, 0.4) is 0 Å². The normalized spacial score (nSPS) is 24.4. The number of nitrogens with zero attached hydrogens (tertiary/aromatic N) is 4. The third-order valence-electron chi connectivity index (χ3n) is 4.68. The molecule has 3 heterocycles. The maximum atomic E-state index is 10.9. The van der Waals surface area contributed by atoms with Crippen molar-refractivity contribution in [2.45, 2.75) is 24.5 Å². The van der Waals surface area contributed by atoms with E-state index in [1.165, 1.54) is 17.2 Å². The Morgan fingerprint density at radius 2 is 1.90 bits per heavy atom. The molecule has 1 fully saturated rings. The largest absolute Gasteiger partial charge is 0.469 e. The average Bonchev–Trinajstić information content (AvgIpc) is 3.27. The van der Waals surface area contributed by atoms with E-state index in [-0.39, 0.29) is 17.1 Å². The minimum Gasteiger partial charge on any atom is -0.387 e. The molecule has 2 aromatic heterocycles. The first-order chi connectivity index (χ1) is 14.3. The van der Waals surface area contributed by atoms with Crippen LogP contribution in [0.5, 0.6) is 0 Å². The zero-order chi connectivity index (χ0) is 21.5. The van der Waals surface area contributed by atoms with Crippen molar-refractivity contribution in [2.75, 3.05) is 6.61 Å². The van der Waals surface area contributed by atoms with Crippen molar-refractivity contribution < 1.29 is 33.8 Å². The molecule has 4 rings (SSSR count). The first kappa shape index (κ1) is 20.7. The Balaban J connectivity index is 1.64. The average molecular weight is 435 g/mol. The summed E-state index contributed by atoms with van der Waals surface area (Å²) in [6, 6.07) is 8.95. The van der Waals surface area contributed by atoms with Crippen molar-refractivity contribution in [2.24, 2.45) is 0 Å². The van der Waals surface area contributed by atoms with Gasteiger partial charge in [0.1, 0.15) is 35.8 Å². The van der Waals surface area contributed by atoms with Crippen LogP contribution in [0.2, 0.25) is 0 Å². The van der Waals surface area contributed by atoms with Crippen molar-refractivity contribution >= 4 is 24.7 Å². The molecule has 0 saturated carbocycles. The molecule has 0 bridgehead atoms. The molecule has 5 N–H and O–H groups in total. The van der Waals surface area contributed by atoms with Gasteiger partial charge in [0.05, 0.1) is 18.6 Å². The topological polar surface area (TPSA) is 184 Å². The van der Waals surface area contributed by atoms with Crippen LogP contribution in [-0.2, 0) is 13.8 Å². The van der Waals surface area contributed by atoms with E-state index in [1.54, 1.807) is 24.3 Å². The number of ether oxygens (including phenoxy) is 1. The lowest BCUT2D eigenvalue weighted by atomic mass is 10.1. The van der Waals surface area contributed by atoms with E-state index < -0.39 is 39.0 Å². The SMILES string of the molecule is N=C(c1ccccc1)c1ncnc2c1ncn2C1OC(COP(=O)(O)O)C(O)C1O. The summed E-state index contributed by atoms with van der Waals surface area (Å²) in [5, 5.41) is 29.0. The van der Waals surface area contributed by atoms with Gasteiger partial charge in [-0.05, 0) is 0 Å². The predicted octanol–water partition coefficient (Wildman–Crippen LogP) is -0.0290. The molecular formula is C17H18N5O7P.